The summed E-state index contributed by atoms with van der Waals surface area (Å²) < 4.78 is 0. The number of nitrogens with zero attached hydrogens (tertiary/aromatic N) is 1. The Morgan fingerprint density at radius 1 is 1.43 bits per heavy atom. The van der Waals surface area contributed by atoms with Crippen LogP contribution in [-0.2, 0) is 4.79 Å². The molecular weight excluding hydrogens is 178 g/mol. The van der Waals surface area contributed by atoms with E-state index in [-0.39, 0.29) is 6.42 Å². The summed E-state index contributed by atoms with van der Waals surface area (Å²) >= 11 is 0. The van der Waals surface area contributed by atoms with Gasteiger partial charge in [-0.2, -0.15) is 5.26 Å². The van der Waals surface area contributed by atoms with E-state index in [9.17, 15) is 4.79 Å². The van der Waals surface area contributed by atoms with Gasteiger partial charge in [-0.25, -0.2) is 0 Å². The first-order valence-electron chi connectivity index (χ1n) is 4.10. The highest BCUT2D eigenvalue weighted by atomic mass is 16.4. The molecule has 0 aromatic heterocycles. The van der Waals surface area contributed by atoms with Crippen LogP contribution in [0.2, 0.25) is 0 Å². The molecule has 3 nitrogen and oxygen atoms in total. The molecule has 0 aliphatic carbocycles. The van der Waals surface area contributed by atoms with Gasteiger partial charge < -0.3 is 5.11 Å². The number of aliphatic carboxylic acids is 1. The largest absolute Gasteiger partial charge is 0.481 e. The predicted octanol–water partition coefficient (Wildman–Crippen LogP) is 2.07. The van der Waals surface area contributed by atoms with E-state index in [4.69, 9.17) is 10.4 Å². The fraction of sp³-hybridized carbons (Fsp3) is 0.0909. The minimum Gasteiger partial charge on any atom is -0.481 e. The van der Waals surface area contributed by atoms with Crippen LogP contribution in [0.25, 0.3) is 5.57 Å². The third kappa shape index (κ3) is 2.76. The lowest BCUT2D eigenvalue weighted by molar-refractivity contribution is -0.135. The van der Waals surface area contributed by atoms with Crippen molar-refractivity contribution in [3.63, 3.8) is 0 Å². The number of hydrogen-bond acceptors (Lipinski definition) is 2. The van der Waals surface area contributed by atoms with Crippen LogP contribution in [0.1, 0.15) is 12.0 Å². The van der Waals surface area contributed by atoms with E-state index in [1.807, 2.05) is 24.3 Å². The minimum absolute atomic E-state index is 0.127. The molecule has 1 aromatic rings. The number of hydrogen-bond donors (Lipinski definition) is 1. The van der Waals surface area contributed by atoms with Crippen molar-refractivity contribution < 1.29 is 9.90 Å². The molecule has 0 atom stereocenters. The van der Waals surface area contributed by atoms with Gasteiger partial charge in [0.2, 0.25) is 0 Å². The topological polar surface area (TPSA) is 61.1 Å². The van der Waals surface area contributed by atoms with Gasteiger partial charge in [-0.1, -0.05) is 30.3 Å². The maximum atomic E-state index is 10.5. The maximum absolute atomic E-state index is 10.5. The first kappa shape index (κ1) is 10.0. The van der Waals surface area contributed by atoms with E-state index in [1.54, 1.807) is 12.1 Å². The zero-order chi connectivity index (χ0) is 10.4. The number of nitriles is 1. The highest BCUT2D eigenvalue weighted by Gasteiger charge is 2.05. The normalized spacial score (nSPS) is 10.6. The molecule has 70 valence electrons. The number of carboxylic acids is 1. The summed E-state index contributed by atoms with van der Waals surface area (Å²) in [5.74, 6) is -0.935. The summed E-state index contributed by atoms with van der Waals surface area (Å²) in [6, 6.07) is 10.9. The Morgan fingerprint density at radius 2 is 2.07 bits per heavy atom. The summed E-state index contributed by atoms with van der Waals surface area (Å²) in [5, 5.41) is 17.1. The summed E-state index contributed by atoms with van der Waals surface area (Å²) in [6.07, 6.45) is 1.14. The van der Waals surface area contributed by atoms with Crippen molar-refractivity contribution in [2.24, 2.45) is 0 Å². The van der Waals surface area contributed by atoms with E-state index >= 15 is 0 Å². The molecule has 1 N–H and O–H groups in total. The third-order valence-electron chi connectivity index (χ3n) is 1.73. The van der Waals surface area contributed by atoms with E-state index in [2.05, 4.69) is 0 Å². The second-order valence-corrected chi connectivity index (χ2v) is 2.74. The molecule has 0 spiro atoms. The standard InChI is InChI=1S/C11H9NO2/c12-7-6-10(8-11(13)14)9-4-2-1-3-5-9/h1-6H,8H2,(H,13,14)/b10-6+. The Bertz CT molecular complexity index is 387. The number of rotatable bonds is 3. The Balaban J connectivity index is 2.97. The van der Waals surface area contributed by atoms with Crippen molar-refractivity contribution in [3.8, 4) is 6.07 Å². The van der Waals surface area contributed by atoms with E-state index in [0.717, 1.165) is 5.56 Å². The maximum Gasteiger partial charge on any atom is 0.307 e. The van der Waals surface area contributed by atoms with Crippen LogP contribution < -0.4 is 0 Å². The first-order valence-corrected chi connectivity index (χ1v) is 4.10. The smallest absolute Gasteiger partial charge is 0.307 e. The predicted molar refractivity (Wildman–Crippen MR) is 52.3 cm³/mol. The van der Waals surface area contributed by atoms with Crippen LogP contribution in [0, 0.1) is 11.3 Å². The van der Waals surface area contributed by atoms with Gasteiger partial charge in [0.25, 0.3) is 0 Å². The first-order chi connectivity index (χ1) is 6.74. The van der Waals surface area contributed by atoms with Gasteiger partial charge in [0.15, 0.2) is 0 Å². The van der Waals surface area contributed by atoms with Crippen LogP contribution >= 0.6 is 0 Å². The zero-order valence-corrected chi connectivity index (χ0v) is 7.47. The minimum atomic E-state index is -0.935. The molecule has 0 saturated heterocycles. The molecule has 0 fully saturated rings. The van der Waals surface area contributed by atoms with Gasteiger partial charge in [0.1, 0.15) is 0 Å². The number of benzene rings is 1. The van der Waals surface area contributed by atoms with Crippen molar-refractivity contribution in [2.75, 3.05) is 0 Å². The van der Waals surface area contributed by atoms with Crippen LogP contribution in [0.15, 0.2) is 36.4 Å². The monoisotopic (exact) mass is 187 g/mol. The average molecular weight is 187 g/mol. The fourth-order valence-corrected chi connectivity index (χ4v) is 1.13. The van der Waals surface area contributed by atoms with Gasteiger partial charge in [0, 0.05) is 6.08 Å². The summed E-state index contributed by atoms with van der Waals surface area (Å²) in [4.78, 5) is 10.5. The molecule has 0 amide bonds. The molecule has 1 rings (SSSR count). The molecule has 1 aromatic carbocycles. The lowest BCUT2D eigenvalue weighted by Gasteiger charge is -2.02. The summed E-state index contributed by atoms with van der Waals surface area (Å²) in [5.41, 5.74) is 1.30. The van der Waals surface area contributed by atoms with Crippen LogP contribution in [-0.4, -0.2) is 11.1 Å². The molecule has 0 saturated carbocycles. The second-order valence-electron chi connectivity index (χ2n) is 2.74. The molecule has 0 bridgehead atoms. The lowest BCUT2D eigenvalue weighted by atomic mass is 10.0. The molecule has 3 heteroatoms. The van der Waals surface area contributed by atoms with E-state index in [0.29, 0.717) is 5.57 Å². The highest BCUT2D eigenvalue weighted by Crippen LogP contribution is 2.17. The van der Waals surface area contributed by atoms with Gasteiger partial charge >= 0.3 is 5.97 Å². The quantitative estimate of drug-likeness (QED) is 0.737. The number of allylic oxidation sites excluding steroid dienone is 1. The van der Waals surface area contributed by atoms with Crippen molar-refractivity contribution in [2.45, 2.75) is 6.42 Å². The average Bonchev–Trinajstić information content (AvgIpc) is 2.18. The highest BCUT2D eigenvalue weighted by molar-refractivity contribution is 5.84. The molecule has 0 radical (unpaired) electrons. The Morgan fingerprint density at radius 3 is 2.57 bits per heavy atom. The van der Waals surface area contributed by atoms with Crippen molar-refractivity contribution in [1.82, 2.24) is 0 Å². The summed E-state index contributed by atoms with van der Waals surface area (Å²) in [6.45, 7) is 0. The van der Waals surface area contributed by atoms with Crippen molar-refractivity contribution in [3.05, 3.63) is 42.0 Å². The molecule has 0 heterocycles. The van der Waals surface area contributed by atoms with Gasteiger partial charge in [-0.15, -0.1) is 0 Å². The second kappa shape index (κ2) is 4.83. The van der Waals surface area contributed by atoms with Crippen LogP contribution in [0.5, 0.6) is 0 Å². The molecule has 0 unspecified atom stereocenters. The molecule has 0 aliphatic heterocycles. The van der Waals surface area contributed by atoms with Crippen LogP contribution in [0.3, 0.4) is 0 Å². The SMILES string of the molecule is N#C/C=C(\CC(=O)O)c1ccccc1. The van der Waals surface area contributed by atoms with Crippen LogP contribution in [0.4, 0.5) is 0 Å². The van der Waals surface area contributed by atoms with Gasteiger partial charge in [-0.3, -0.25) is 4.79 Å². The van der Waals surface area contributed by atoms with Crippen molar-refractivity contribution >= 4 is 11.5 Å². The lowest BCUT2D eigenvalue weighted by Crippen LogP contribution is -1.96. The van der Waals surface area contributed by atoms with Crippen molar-refractivity contribution in [1.29, 1.82) is 5.26 Å². The molecule has 0 aliphatic rings. The molecular formula is C11H9NO2. The summed E-state index contributed by atoms with van der Waals surface area (Å²) in [7, 11) is 0. The number of carboxylic acid groups (broad SMARTS) is 1. The number of carbonyl (C=O) groups is 1. The van der Waals surface area contributed by atoms with E-state index < -0.39 is 5.97 Å². The third-order valence-corrected chi connectivity index (χ3v) is 1.73. The zero-order valence-electron chi connectivity index (χ0n) is 7.47. The molecule has 14 heavy (non-hydrogen) atoms. The van der Waals surface area contributed by atoms with Gasteiger partial charge in [0.05, 0.1) is 12.5 Å². The Hall–Kier alpha value is -2.08. The fourth-order valence-electron chi connectivity index (χ4n) is 1.13. The van der Waals surface area contributed by atoms with Gasteiger partial charge in [-0.05, 0) is 11.1 Å². The Kier molecular flexibility index (Phi) is 3.45. The van der Waals surface area contributed by atoms with E-state index in [1.165, 1.54) is 6.08 Å². The Labute approximate surface area is 81.9 Å².